The first-order valence-corrected chi connectivity index (χ1v) is 11.1. The fourth-order valence-corrected chi connectivity index (χ4v) is 5.00. The van der Waals surface area contributed by atoms with E-state index in [1.807, 2.05) is 12.1 Å². The molecule has 0 bridgehead atoms. The molecular weight excluding hydrogens is 333 g/mol. The van der Waals surface area contributed by atoms with E-state index in [-0.39, 0.29) is 11.4 Å². The first-order chi connectivity index (χ1) is 13.2. The van der Waals surface area contributed by atoms with E-state index >= 15 is 0 Å². The standard InChI is InChI=1S/C25H34FN/c1-2-3-4-19-5-7-20(8-6-19)9-10-21-11-13-22(14-12-21)23-15-16-24(18-27)25(26)17-23/h9-10,15-17,19-22H,2-8,11-14H2,1H3/t19-,20-,21-,22-. The molecule has 2 saturated carbocycles. The summed E-state index contributed by atoms with van der Waals surface area (Å²) in [6, 6.07) is 7.06. The maximum absolute atomic E-state index is 13.9. The lowest BCUT2D eigenvalue weighted by atomic mass is 9.76. The summed E-state index contributed by atoms with van der Waals surface area (Å²) < 4.78 is 13.9. The number of nitriles is 1. The van der Waals surface area contributed by atoms with Crippen molar-refractivity contribution < 1.29 is 4.39 Å². The van der Waals surface area contributed by atoms with Gasteiger partial charge in [-0.15, -0.1) is 0 Å². The fourth-order valence-electron chi connectivity index (χ4n) is 5.00. The molecule has 146 valence electrons. The van der Waals surface area contributed by atoms with E-state index in [1.165, 1.54) is 57.8 Å². The SMILES string of the molecule is CCCC[C@H]1CC[C@H](C=C[C@H]2CC[C@H](c3ccc(C#N)c(F)c3)CC2)CC1. The van der Waals surface area contributed by atoms with Crippen LogP contribution in [0.2, 0.25) is 0 Å². The minimum atomic E-state index is -0.369. The second kappa shape index (κ2) is 10.1. The van der Waals surface area contributed by atoms with E-state index in [4.69, 9.17) is 5.26 Å². The molecule has 0 radical (unpaired) electrons. The summed E-state index contributed by atoms with van der Waals surface area (Å²) in [5, 5.41) is 8.88. The van der Waals surface area contributed by atoms with Crippen LogP contribution in [0.1, 0.15) is 94.6 Å². The van der Waals surface area contributed by atoms with Crippen molar-refractivity contribution in [3.63, 3.8) is 0 Å². The van der Waals surface area contributed by atoms with Gasteiger partial charge in [-0.1, -0.05) is 44.4 Å². The summed E-state index contributed by atoms with van der Waals surface area (Å²) in [6.45, 7) is 2.29. The van der Waals surface area contributed by atoms with E-state index in [9.17, 15) is 4.39 Å². The molecule has 27 heavy (non-hydrogen) atoms. The zero-order valence-corrected chi connectivity index (χ0v) is 16.8. The Morgan fingerprint density at radius 2 is 1.63 bits per heavy atom. The Labute approximate surface area is 164 Å². The number of benzene rings is 1. The number of allylic oxidation sites excluding steroid dienone is 2. The monoisotopic (exact) mass is 367 g/mol. The number of nitrogens with zero attached hydrogens (tertiary/aromatic N) is 1. The molecule has 0 heterocycles. The second-order valence-electron chi connectivity index (χ2n) is 8.77. The Balaban J connectivity index is 1.43. The van der Waals surface area contributed by atoms with Crippen molar-refractivity contribution in [2.24, 2.45) is 17.8 Å². The quantitative estimate of drug-likeness (QED) is 0.477. The highest BCUT2D eigenvalue weighted by atomic mass is 19.1. The minimum Gasteiger partial charge on any atom is -0.206 e. The zero-order valence-electron chi connectivity index (χ0n) is 16.8. The van der Waals surface area contributed by atoms with Gasteiger partial charge in [0, 0.05) is 0 Å². The van der Waals surface area contributed by atoms with Crippen molar-refractivity contribution in [3.05, 3.63) is 47.3 Å². The van der Waals surface area contributed by atoms with Crippen LogP contribution in [0.4, 0.5) is 4.39 Å². The lowest BCUT2D eigenvalue weighted by Gasteiger charge is -2.29. The Morgan fingerprint density at radius 3 is 2.19 bits per heavy atom. The van der Waals surface area contributed by atoms with Crippen LogP contribution in [0.25, 0.3) is 0 Å². The van der Waals surface area contributed by atoms with Crippen LogP contribution in [-0.2, 0) is 0 Å². The molecule has 1 aromatic rings. The van der Waals surface area contributed by atoms with Crippen LogP contribution in [-0.4, -0.2) is 0 Å². The van der Waals surface area contributed by atoms with E-state index in [2.05, 4.69) is 19.1 Å². The van der Waals surface area contributed by atoms with E-state index in [1.54, 1.807) is 12.1 Å². The average molecular weight is 368 g/mol. The molecule has 2 fully saturated rings. The van der Waals surface area contributed by atoms with Crippen molar-refractivity contribution in [1.29, 1.82) is 5.26 Å². The number of hydrogen-bond acceptors (Lipinski definition) is 1. The van der Waals surface area contributed by atoms with Crippen LogP contribution in [0.3, 0.4) is 0 Å². The third kappa shape index (κ3) is 5.68. The molecule has 0 aromatic heterocycles. The van der Waals surface area contributed by atoms with Gasteiger partial charge in [-0.3, -0.25) is 0 Å². The van der Waals surface area contributed by atoms with Crippen molar-refractivity contribution in [2.75, 3.05) is 0 Å². The van der Waals surface area contributed by atoms with Gasteiger partial charge in [0.25, 0.3) is 0 Å². The van der Waals surface area contributed by atoms with Crippen LogP contribution in [0.5, 0.6) is 0 Å². The van der Waals surface area contributed by atoms with Crippen LogP contribution < -0.4 is 0 Å². The first-order valence-electron chi connectivity index (χ1n) is 11.1. The summed E-state index contributed by atoms with van der Waals surface area (Å²) in [4.78, 5) is 0. The normalized spacial score (nSPS) is 28.9. The number of halogens is 1. The van der Waals surface area contributed by atoms with Gasteiger partial charge in [0.1, 0.15) is 11.9 Å². The average Bonchev–Trinajstić information content (AvgIpc) is 2.72. The lowest BCUT2D eigenvalue weighted by molar-refractivity contribution is 0.289. The molecular formula is C25H34FN. The maximum Gasteiger partial charge on any atom is 0.141 e. The van der Waals surface area contributed by atoms with Crippen molar-refractivity contribution in [3.8, 4) is 6.07 Å². The van der Waals surface area contributed by atoms with E-state index in [0.717, 1.165) is 30.2 Å². The molecule has 2 heteroatoms. The first kappa shape index (κ1) is 20.1. The largest absolute Gasteiger partial charge is 0.206 e. The molecule has 0 N–H and O–H groups in total. The molecule has 0 aliphatic heterocycles. The summed E-state index contributed by atoms with van der Waals surface area (Å²) in [5.41, 5.74) is 1.22. The highest BCUT2D eigenvalue weighted by Crippen LogP contribution is 2.38. The fraction of sp³-hybridized carbons (Fsp3) is 0.640. The smallest absolute Gasteiger partial charge is 0.141 e. The van der Waals surface area contributed by atoms with Gasteiger partial charge in [-0.25, -0.2) is 4.39 Å². The van der Waals surface area contributed by atoms with Crippen molar-refractivity contribution in [1.82, 2.24) is 0 Å². The molecule has 0 spiro atoms. The van der Waals surface area contributed by atoms with Crippen molar-refractivity contribution >= 4 is 0 Å². The molecule has 1 aromatic carbocycles. The van der Waals surface area contributed by atoms with Gasteiger partial charge in [-0.05, 0) is 92.7 Å². The molecule has 2 aliphatic carbocycles. The van der Waals surface area contributed by atoms with Gasteiger partial charge in [0.2, 0.25) is 0 Å². The molecule has 0 saturated heterocycles. The van der Waals surface area contributed by atoms with Gasteiger partial charge < -0.3 is 0 Å². The molecule has 3 rings (SSSR count). The van der Waals surface area contributed by atoms with Crippen molar-refractivity contribution in [2.45, 2.75) is 83.5 Å². The summed E-state index contributed by atoms with van der Waals surface area (Å²) in [7, 11) is 0. The summed E-state index contributed by atoms with van der Waals surface area (Å²) >= 11 is 0. The van der Waals surface area contributed by atoms with Crippen LogP contribution >= 0.6 is 0 Å². The summed E-state index contributed by atoms with van der Waals surface area (Å²) in [6.07, 6.45) is 19.4. The predicted molar refractivity (Wildman–Crippen MR) is 110 cm³/mol. The number of unbranched alkanes of at least 4 members (excludes halogenated alkanes) is 1. The zero-order chi connectivity index (χ0) is 19.1. The third-order valence-corrected chi connectivity index (χ3v) is 6.87. The molecule has 1 nitrogen and oxygen atoms in total. The Hall–Kier alpha value is -1.62. The Bertz CT molecular complexity index is 655. The predicted octanol–water partition coefficient (Wildman–Crippen LogP) is 7.52. The molecule has 2 aliphatic rings. The minimum absolute atomic E-state index is 0.153. The highest BCUT2D eigenvalue weighted by molar-refractivity contribution is 5.35. The Morgan fingerprint density at radius 1 is 1.00 bits per heavy atom. The van der Waals surface area contributed by atoms with Gasteiger partial charge in [-0.2, -0.15) is 5.26 Å². The Kier molecular flexibility index (Phi) is 7.50. The third-order valence-electron chi connectivity index (χ3n) is 6.87. The second-order valence-corrected chi connectivity index (χ2v) is 8.77. The van der Waals surface area contributed by atoms with E-state index < -0.39 is 0 Å². The highest BCUT2D eigenvalue weighted by Gasteiger charge is 2.23. The lowest BCUT2D eigenvalue weighted by Crippen LogP contribution is -2.14. The van der Waals surface area contributed by atoms with Gasteiger partial charge in [0.05, 0.1) is 5.56 Å². The van der Waals surface area contributed by atoms with Crippen LogP contribution in [0, 0.1) is 34.9 Å². The number of hydrogen-bond donors (Lipinski definition) is 0. The topological polar surface area (TPSA) is 23.8 Å². The summed E-state index contributed by atoms with van der Waals surface area (Å²) in [5.74, 6) is 2.56. The van der Waals surface area contributed by atoms with Gasteiger partial charge >= 0.3 is 0 Å². The molecule has 0 atom stereocenters. The van der Waals surface area contributed by atoms with E-state index in [0.29, 0.717) is 11.8 Å². The van der Waals surface area contributed by atoms with Crippen LogP contribution in [0.15, 0.2) is 30.4 Å². The molecule has 0 amide bonds. The number of rotatable bonds is 6. The maximum atomic E-state index is 13.9. The van der Waals surface area contributed by atoms with Gasteiger partial charge in [0.15, 0.2) is 0 Å². The molecule has 0 unspecified atom stereocenters.